The lowest BCUT2D eigenvalue weighted by molar-refractivity contribution is 0.0955. The second-order valence-corrected chi connectivity index (χ2v) is 7.10. The van der Waals surface area contributed by atoms with Crippen molar-refractivity contribution < 1.29 is 4.79 Å². The molecule has 0 bridgehead atoms. The summed E-state index contributed by atoms with van der Waals surface area (Å²) in [7, 11) is 0. The van der Waals surface area contributed by atoms with E-state index in [0.29, 0.717) is 5.56 Å². The number of nitrogens with zero attached hydrogens (tertiary/aromatic N) is 2. The standard InChI is InChI=1S/C27H23N3O/c1-21-14-19-26(23-12-6-3-7-13-23)30(21)25-17-15-24(16-18-25)27(31)29-28-20-8-11-22-9-4-2-5-10-22/h2-20H,1H3,(H,29,31)/b11-8+,28-20?. The summed E-state index contributed by atoms with van der Waals surface area (Å²) in [4.78, 5) is 12.4. The zero-order valence-electron chi connectivity index (χ0n) is 17.3. The molecule has 3 aromatic carbocycles. The molecule has 4 rings (SSSR count). The molecular formula is C27H23N3O. The van der Waals surface area contributed by atoms with Crippen LogP contribution >= 0.6 is 0 Å². The van der Waals surface area contributed by atoms with Crippen molar-refractivity contribution in [1.82, 2.24) is 9.99 Å². The van der Waals surface area contributed by atoms with Crippen LogP contribution in [0.3, 0.4) is 0 Å². The zero-order chi connectivity index (χ0) is 21.5. The molecule has 1 amide bonds. The van der Waals surface area contributed by atoms with Crippen LogP contribution in [0.4, 0.5) is 0 Å². The second kappa shape index (κ2) is 9.55. The minimum atomic E-state index is -0.247. The van der Waals surface area contributed by atoms with Gasteiger partial charge in [-0.2, -0.15) is 5.10 Å². The summed E-state index contributed by atoms with van der Waals surface area (Å²) in [6.45, 7) is 2.07. The van der Waals surface area contributed by atoms with Gasteiger partial charge in [0.05, 0.1) is 5.69 Å². The number of hydrogen-bond acceptors (Lipinski definition) is 2. The molecule has 1 aromatic heterocycles. The molecule has 4 aromatic rings. The summed E-state index contributed by atoms with van der Waals surface area (Å²) in [6.07, 6.45) is 5.28. The van der Waals surface area contributed by atoms with Gasteiger partial charge >= 0.3 is 0 Å². The fourth-order valence-electron chi connectivity index (χ4n) is 3.40. The molecule has 0 atom stereocenters. The Labute approximate surface area is 182 Å². The highest BCUT2D eigenvalue weighted by atomic mass is 16.2. The molecule has 0 aliphatic carbocycles. The summed E-state index contributed by atoms with van der Waals surface area (Å²) in [5, 5.41) is 3.99. The lowest BCUT2D eigenvalue weighted by Gasteiger charge is -2.12. The SMILES string of the molecule is Cc1ccc(-c2ccccc2)n1-c1ccc(C(=O)NN=C/C=C/c2ccccc2)cc1. The number of benzene rings is 3. The van der Waals surface area contributed by atoms with Crippen LogP contribution in [-0.2, 0) is 0 Å². The van der Waals surface area contributed by atoms with Crippen LogP contribution in [-0.4, -0.2) is 16.7 Å². The normalized spacial score (nSPS) is 11.3. The number of hydrogen-bond donors (Lipinski definition) is 1. The van der Waals surface area contributed by atoms with Crippen molar-refractivity contribution in [2.75, 3.05) is 0 Å². The van der Waals surface area contributed by atoms with E-state index in [9.17, 15) is 4.79 Å². The van der Waals surface area contributed by atoms with Gasteiger partial charge in [0.1, 0.15) is 0 Å². The molecule has 0 fully saturated rings. The third-order valence-corrected chi connectivity index (χ3v) is 4.95. The van der Waals surface area contributed by atoms with E-state index in [1.807, 2.05) is 78.9 Å². The molecule has 0 saturated heterocycles. The summed E-state index contributed by atoms with van der Waals surface area (Å²) in [5.41, 5.74) is 8.59. The van der Waals surface area contributed by atoms with Gasteiger partial charge in [0.15, 0.2) is 0 Å². The van der Waals surface area contributed by atoms with E-state index < -0.39 is 0 Å². The molecular weight excluding hydrogens is 382 g/mol. The Kier molecular flexibility index (Phi) is 6.19. The van der Waals surface area contributed by atoms with Crippen molar-refractivity contribution in [3.63, 3.8) is 0 Å². The van der Waals surface area contributed by atoms with Crippen LogP contribution in [0, 0.1) is 6.92 Å². The maximum atomic E-state index is 12.4. The molecule has 1 N–H and O–H groups in total. The van der Waals surface area contributed by atoms with E-state index in [4.69, 9.17) is 0 Å². The Hall–Kier alpha value is -4.18. The highest BCUT2D eigenvalue weighted by molar-refractivity contribution is 5.95. The number of rotatable bonds is 6. The molecule has 0 radical (unpaired) electrons. The van der Waals surface area contributed by atoms with E-state index in [2.05, 4.69) is 46.3 Å². The zero-order valence-corrected chi connectivity index (χ0v) is 17.3. The van der Waals surface area contributed by atoms with Crippen molar-refractivity contribution in [1.29, 1.82) is 0 Å². The fraction of sp³-hybridized carbons (Fsp3) is 0.0370. The lowest BCUT2D eigenvalue weighted by Crippen LogP contribution is -2.17. The van der Waals surface area contributed by atoms with Crippen LogP contribution in [0.15, 0.2) is 108 Å². The van der Waals surface area contributed by atoms with E-state index in [0.717, 1.165) is 28.2 Å². The second-order valence-electron chi connectivity index (χ2n) is 7.10. The Balaban J connectivity index is 1.44. The van der Waals surface area contributed by atoms with Crippen LogP contribution in [0.5, 0.6) is 0 Å². The summed E-state index contributed by atoms with van der Waals surface area (Å²) < 4.78 is 2.18. The molecule has 0 aliphatic rings. The first-order chi connectivity index (χ1) is 15.2. The Morgan fingerprint density at radius 2 is 1.52 bits per heavy atom. The summed E-state index contributed by atoms with van der Waals surface area (Å²) in [5.74, 6) is -0.247. The number of aromatic nitrogens is 1. The third kappa shape index (κ3) is 4.87. The first kappa shape index (κ1) is 20.1. The van der Waals surface area contributed by atoms with Crippen LogP contribution in [0.1, 0.15) is 21.6 Å². The molecule has 4 heteroatoms. The van der Waals surface area contributed by atoms with E-state index in [1.54, 1.807) is 12.3 Å². The monoisotopic (exact) mass is 405 g/mol. The molecule has 0 unspecified atom stereocenters. The number of aryl methyl sites for hydroxylation is 1. The largest absolute Gasteiger partial charge is 0.314 e. The van der Waals surface area contributed by atoms with Crippen molar-refractivity contribution in [2.24, 2.45) is 5.10 Å². The molecule has 152 valence electrons. The van der Waals surface area contributed by atoms with E-state index in [1.165, 1.54) is 0 Å². The van der Waals surface area contributed by atoms with Crippen LogP contribution in [0.25, 0.3) is 23.0 Å². The smallest absolute Gasteiger partial charge is 0.271 e. The number of hydrazone groups is 1. The number of nitrogens with one attached hydrogen (secondary N) is 1. The lowest BCUT2D eigenvalue weighted by atomic mass is 10.1. The van der Waals surface area contributed by atoms with Gasteiger partial charge in [0.2, 0.25) is 0 Å². The molecule has 1 heterocycles. The van der Waals surface area contributed by atoms with Gasteiger partial charge in [-0.3, -0.25) is 4.79 Å². The van der Waals surface area contributed by atoms with Crippen LogP contribution < -0.4 is 5.43 Å². The number of amides is 1. The predicted molar refractivity (Wildman–Crippen MR) is 127 cm³/mol. The summed E-state index contributed by atoms with van der Waals surface area (Å²) >= 11 is 0. The first-order valence-electron chi connectivity index (χ1n) is 10.1. The quantitative estimate of drug-likeness (QED) is 0.316. The first-order valence-corrected chi connectivity index (χ1v) is 10.1. The van der Waals surface area contributed by atoms with Crippen molar-refractivity contribution in [3.05, 3.63) is 120 Å². The van der Waals surface area contributed by atoms with Gasteiger partial charge in [-0.1, -0.05) is 66.7 Å². The third-order valence-electron chi connectivity index (χ3n) is 4.95. The van der Waals surface area contributed by atoms with Gasteiger partial charge in [0.25, 0.3) is 5.91 Å². The van der Waals surface area contributed by atoms with E-state index >= 15 is 0 Å². The highest BCUT2D eigenvalue weighted by Crippen LogP contribution is 2.26. The van der Waals surface area contributed by atoms with E-state index in [-0.39, 0.29) is 5.91 Å². The average Bonchev–Trinajstić information content (AvgIpc) is 3.21. The minimum Gasteiger partial charge on any atom is -0.314 e. The van der Waals surface area contributed by atoms with Gasteiger partial charge in [-0.05, 0) is 60.5 Å². The minimum absolute atomic E-state index is 0.247. The Morgan fingerprint density at radius 3 is 2.23 bits per heavy atom. The highest BCUT2D eigenvalue weighted by Gasteiger charge is 2.10. The van der Waals surface area contributed by atoms with Crippen LogP contribution in [0.2, 0.25) is 0 Å². The van der Waals surface area contributed by atoms with Crippen molar-refractivity contribution in [3.8, 4) is 16.9 Å². The fourth-order valence-corrected chi connectivity index (χ4v) is 3.40. The van der Waals surface area contributed by atoms with Gasteiger partial charge in [0, 0.05) is 23.2 Å². The molecule has 31 heavy (non-hydrogen) atoms. The topological polar surface area (TPSA) is 46.4 Å². The Bertz CT molecular complexity index is 1200. The number of carbonyl (C=O) groups excluding carboxylic acids is 1. The molecule has 0 saturated carbocycles. The Morgan fingerprint density at radius 1 is 0.839 bits per heavy atom. The van der Waals surface area contributed by atoms with Gasteiger partial charge < -0.3 is 4.57 Å². The number of carbonyl (C=O) groups is 1. The number of allylic oxidation sites excluding steroid dienone is 1. The predicted octanol–water partition coefficient (Wildman–Crippen LogP) is 5.88. The van der Waals surface area contributed by atoms with Crippen molar-refractivity contribution in [2.45, 2.75) is 6.92 Å². The maximum absolute atomic E-state index is 12.4. The van der Waals surface area contributed by atoms with Gasteiger partial charge in [-0.15, -0.1) is 0 Å². The molecule has 4 nitrogen and oxygen atoms in total. The molecule has 0 spiro atoms. The molecule has 0 aliphatic heterocycles. The van der Waals surface area contributed by atoms with Gasteiger partial charge in [-0.25, -0.2) is 5.43 Å². The maximum Gasteiger partial charge on any atom is 0.271 e. The van der Waals surface area contributed by atoms with Crippen molar-refractivity contribution >= 4 is 18.2 Å². The summed E-state index contributed by atoms with van der Waals surface area (Å²) in [6, 6.07) is 31.9. The average molecular weight is 406 g/mol.